The van der Waals surface area contributed by atoms with E-state index in [1.807, 2.05) is 37.0 Å². The van der Waals surface area contributed by atoms with E-state index < -0.39 is 0 Å². The van der Waals surface area contributed by atoms with Crippen LogP contribution in [0.5, 0.6) is 0 Å². The van der Waals surface area contributed by atoms with Crippen molar-refractivity contribution in [3.05, 3.63) is 28.9 Å². The molecule has 0 aliphatic carbocycles. The summed E-state index contributed by atoms with van der Waals surface area (Å²) in [6.07, 6.45) is 1.85. The molecule has 0 unspecified atom stereocenters. The van der Waals surface area contributed by atoms with Gasteiger partial charge in [-0.25, -0.2) is 0 Å². The Morgan fingerprint density at radius 2 is 2.17 bits per heavy atom. The smallest absolute Gasteiger partial charge is 0.0723 e. The number of nitrogens with zero attached hydrogens (tertiary/aromatic N) is 2. The van der Waals surface area contributed by atoms with Gasteiger partial charge in [-0.1, -0.05) is 11.6 Å². The maximum absolute atomic E-state index is 5.98. The average Bonchev–Trinajstić information content (AvgIpc) is 2.41. The summed E-state index contributed by atoms with van der Waals surface area (Å²) in [6.45, 7) is 2.01. The second-order valence-electron chi connectivity index (χ2n) is 2.88. The molecular weight excluding hydrogens is 172 g/mol. The van der Waals surface area contributed by atoms with Crippen molar-refractivity contribution >= 4 is 22.5 Å². The van der Waals surface area contributed by atoms with Gasteiger partial charge in [0.25, 0.3) is 0 Å². The van der Waals surface area contributed by atoms with Gasteiger partial charge in [0.15, 0.2) is 0 Å². The summed E-state index contributed by atoms with van der Waals surface area (Å²) in [5.41, 5.74) is 2.21. The maximum atomic E-state index is 5.98. The number of aryl methyl sites for hydroxylation is 2. The van der Waals surface area contributed by atoms with Gasteiger partial charge in [-0.15, -0.1) is 0 Å². The zero-order chi connectivity index (χ0) is 8.72. The Morgan fingerprint density at radius 3 is 2.92 bits per heavy atom. The molecule has 0 amide bonds. The predicted molar refractivity (Wildman–Crippen MR) is 50.5 cm³/mol. The van der Waals surface area contributed by atoms with Crippen LogP contribution >= 0.6 is 11.6 Å². The first-order chi connectivity index (χ1) is 5.70. The molecule has 2 nitrogen and oxygen atoms in total. The highest BCUT2D eigenvalue weighted by molar-refractivity contribution is 6.32. The van der Waals surface area contributed by atoms with E-state index >= 15 is 0 Å². The molecule has 1 aromatic heterocycles. The van der Waals surface area contributed by atoms with Crippen molar-refractivity contribution in [2.45, 2.75) is 6.92 Å². The lowest BCUT2D eigenvalue weighted by molar-refractivity contribution is 0.794. The van der Waals surface area contributed by atoms with Gasteiger partial charge in [-0.2, -0.15) is 5.10 Å². The highest BCUT2D eigenvalue weighted by atomic mass is 35.5. The van der Waals surface area contributed by atoms with Gasteiger partial charge in [0.2, 0.25) is 0 Å². The number of benzene rings is 1. The second kappa shape index (κ2) is 2.49. The molecule has 0 N–H and O–H groups in total. The summed E-state index contributed by atoms with van der Waals surface area (Å²) in [7, 11) is 1.92. The van der Waals surface area contributed by atoms with Crippen molar-refractivity contribution in [2.75, 3.05) is 0 Å². The van der Waals surface area contributed by atoms with Crippen molar-refractivity contribution in [1.29, 1.82) is 0 Å². The largest absolute Gasteiger partial charge is 0.268 e. The monoisotopic (exact) mass is 180 g/mol. The molecule has 62 valence electrons. The van der Waals surface area contributed by atoms with Crippen LogP contribution in [0.3, 0.4) is 0 Å². The molecule has 0 fully saturated rings. The molecule has 0 saturated heterocycles. The van der Waals surface area contributed by atoms with Crippen molar-refractivity contribution in [3.63, 3.8) is 0 Å². The number of fused-ring (bicyclic) bond motifs is 1. The van der Waals surface area contributed by atoms with E-state index in [2.05, 4.69) is 5.10 Å². The number of rotatable bonds is 0. The molecule has 0 aliphatic heterocycles. The van der Waals surface area contributed by atoms with Gasteiger partial charge in [0.1, 0.15) is 0 Å². The first-order valence-electron chi connectivity index (χ1n) is 3.77. The predicted octanol–water partition coefficient (Wildman–Crippen LogP) is 2.54. The standard InChI is InChI=1S/C9H9ClN2/c1-6-8(10)4-3-7-5-11-12(2)9(6)7/h3-5H,1-2H3. The molecule has 0 spiro atoms. The Hall–Kier alpha value is -1.02. The number of hydrogen-bond donors (Lipinski definition) is 0. The van der Waals surface area contributed by atoms with Gasteiger partial charge in [0, 0.05) is 17.5 Å². The van der Waals surface area contributed by atoms with E-state index in [0.717, 1.165) is 21.5 Å². The van der Waals surface area contributed by atoms with Crippen LogP contribution in [0.1, 0.15) is 5.56 Å². The minimum absolute atomic E-state index is 0.797. The van der Waals surface area contributed by atoms with Crippen LogP contribution in [0.15, 0.2) is 18.3 Å². The molecule has 1 heterocycles. The Bertz CT molecular complexity index is 431. The molecule has 1 aromatic carbocycles. The molecule has 3 heteroatoms. The van der Waals surface area contributed by atoms with Crippen LogP contribution in [-0.4, -0.2) is 9.78 Å². The molecule has 12 heavy (non-hydrogen) atoms. The van der Waals surface area contributed by atoms with Crippen molar-refractivity contribution in [3.8, 4) is 0 Å². The fraction of sp³-hybridized carbons (Fsp3) is 0.222. The number of halogens is 1. The summed E-state index contributed by atoms with van der Waals surface area (Å²) in [5.74, 6) is 0. The zero-order valence-electron chi connectivity index (χ0n) is 7.00. The minimum Gasteiger partial charge on any atom is -0.268 e. The average molecular weight is 181 g/mol. The fourth-order valence-electron chi connectivity index (χ4n) is 1.44. The van der Waals surface area contributed by atoms with Crippen LogP contribution in [-0.2, 0) is 7.05 Å². The molecule has 2 aromatic rings. The molecule has 0 aliphatic rings. The molecule has 0 saturated carbocycles. The minimum atomic E-state index is 0.797. The van der Waals surface area contributed by atoms with Crippen LogP contribution in [0.4, 0.5) is 0 Å². The van der Waals surface area contributed by atoms with Crippen LogP contribution in [0.25, 0.3) is 10.9 Å². The summed E-state index contributed by atoms with van der Waals surface area (Å²) in [4.78, 5) is 0. The summed E-state index contributed by atoms with van der Waals surface area (Å²) < 4.78 is 1.84. The van der Waals surface area contributed by atoms with Gasteiger partial charge in [-0.05, 0) is 24.6 Å². The first kappa shape index (κ1) is 7.62. The van der Waals surface area contributed by atoms with Gasteiger partial charge < -0.3 is 0 Å². The van der Waals surface area contributed by atoms with E-state index in [-0.39, 0.29) is 0 Å². The van der Waals surface area contributed by atoms with E-state index in [1.165, 1.54) is 0 Å². The summed E-state index contributed by atoms with van der Waals surface area (Å²) >= 11 is 5.98. The number of hydrogen-bond acceptors (Lipinski definition) is 1. The highest BCUT2D eigenvalue weighted by Crippen LogP contribution is 2.24. The van der Waals surface area contributed by atoms with Gasteiger partial charge in [-0.3, -0.25) is 4.68 Å². The normalized spacial score (nSPS) is 10.9. The quantitative estimate of drug-likeness (QED) is 0.609. The van der Waals surface area contributed by atoms with Gasteiger partial charge >= 0.3 is 0 Å². The fourth-order valence-corrected chi connectivity index (χ4v) is 1.59. The third-order valence-corrected chi connectivity index (χ3v) is 2.50. The molecule has 0 bridgehead atoms. The Morgan fingerprint density at radius 1 is 1.42 bits per heavy atom. The van der Waals surface area contributed by atoms with Crippen molar-refractivity contribution in [1.82, 2.24) is 9.78 Å². The zero-order valence-corrected chi connectivity index (χ0v) is 7.76. The van der Waals surface area contributed by atoms with Crippen LogP contribution < -0.4 is 0 Å². The highest BCUT2D eigenvalue weighted by Gasteiger charge is 2.04. The van der Waals surface area contributed by atoms with E-state index in [0.29, 0.717) is 0 Å². The molecule has 2 rings (SSSR count). The summed E-state index contributed by atoms with van der Waals surface area (Å²) in [5, 5.41) is 6.09. The Kier molecular flexibility index (Phi) is 1.58. The Labute approximate surface area is 75.8 Å². The van der Waals surface area contributed by atoms with Crippen molar-refractivity contribution < 1.29 is 0 Å². The van der Waals surface area contributed by atoms with Crippen LogP contribution in [0.2, 0.25) is 5.02 Å². The molecule has 0 radical (unpaired) electrons. The first-order valence-corrected chi connectivity index (χ1v) is 4.15. The third-order valence-electron chi connectivity index (χ3n) is 2.09. The topological polar surface area (TPSA) is 17.8 Å². The molecular formula is C9H9ClN2. The second-order valence-corrected chi connectivity index (χ2v) is 3.29. The van der Waals surface area contributed by atoms with Crippen molar-refractivity contribution in [2.24, 2.45) is 7.05 Å². The van der Waals surface area contributed by atoms with E-state index in [9.17, 15) is 0 Å². The maximum Gasteiger partial charge on any atom is 0.0723 e. The lowest BCUT2D eigenvalue weighted by Gasteiger charge is -2.00. The van der Waals surface area contributed by atoms with E-state index in [1.54, 1.807) is 0 Å². The lowest BCUT2D eigenvalue weighted by Crippen LogP contribution is -1.91. The summed E-state index contributed by atoms with van der Waals surface area (Å²) in [6, 6.07) is 3.89. The third kappa shape index (κ3) is 0.916. The molecule has 0 atom stereocenters. The lowest BCUT2D eigenvalue weighted by atomic mass is 10.2. The number of aromatic nitrogens is 2. The van der Waals surface area contributed by atoms with Crippen LogP contribution in [0, 0.1) is 6.92 Å². The van der Waals surface area contributed by atoms with Gasteiger partial charge in [0.05, 0.1) is 11.7 Å². The SMILES string of the molecule is Cc1c(Cl)ccc2cnn(C)c12. The van der Waals surface area contributed by atoms with E-state index in [4.69, 9.17) is 11.6 Å². The Balaban J connectivity index is 2.96.